The van der Waals surface area contributed by atoms with Gasteiger partial charge in [0, 0.05) is 14.2 Å². The third kappa shape index (κ3) is 16.0. The Morgan fingerprint density at radius 2 is 1.17 bits per heavy atom. The van der Waals surface area contributed by atoms with Crippen molar-refractivity contribution in [3.63, 3.8) is 0 Å². The average Bonchev–Trinajstić information content (AvgIpc) is 2.89. The molecule has 2 N–H and O–H groups in total. The molecule has 0 aliphatic carbocycles. The van der Waals surface area contributed by atoms with Crippen molar-refractivity contribution in [2.75, 3.05) is 60.5 Å². The summed E-state index contributed by atoms with van der Waals surface area (Å²) in [5.41, 5.74) is 2.25. The molecular weight excluding hydrogens is 456 g/mol. The summed E-state index contributed by atoms with van der Waals surface area (Å²) in [6, 6.07) is 19.8. The smallest absolute Gasteiger partial charge is 0.335 e. The van der Waals surface area contributed by atoms with Crippen molar-refractivity contribution >= 4 is 5.97 Å². The van der Waals surface area contributed by atoms with Gasteiger partial charge < -0.3 is 38.6 Å². The summed E-state index contributed by atoms with van der Waals surface area (Å²) >= 11 is 0. The maximum absolute atomic E-state index is 10.6. The molecule has 196 valence electrons. The molecule has 2 rings (SSSR count). The number of methoxy groups -OCH3 is 2. The molecule has 0 radical (unpaired) electrons. The molecule has 0 bridgehead atoms. The Morgan fingerprint density at radius 1 is 0.714 bits per heavy atom. The minimum absolute atomic E-state index is 0.0264. The number of hydrogen-bond acceptors (Lipinski definition) is 8. The first-order valence-electron chi connectivity index (χ1n) is 11.4. The molecular formula is C26H38O9. The monoisotopic (exact) mass is 494 g/mol. The lowest BCUT2D eigenvalue weighted by Gasteiger charge is -2.12. The Bertz CT molecular complexity index is 739. The fourth-order valence-electron chi connectivity index (χ4n) is 2.60. The van der Waals surface area contributed by atoms with Crippen LogP contribution in [0.25, 0.3) is 0 Å². The minimum atomic E-state index is -1.03. The molecule has 0 saturated heterocycles. The average molecular weight is 495 g/mol. The fraction of sp³-hybridized carbons (Fsp3) is 0.500. The largest absolute Gasteiger partial charge is 0.479 e. The number of aliphatic hydroxyl groups excluding tert-OH is 1. The van der Waals surface area contributed by atoms with E-state index >= 15 is 0 Å². The molecule has 9 nitrogen and oxygen atoms in total. The molecule has 2 atom stereocenters. The van der Waals surface area contributed by atoms with E-state index in [0.717, 1.165) is 11.1 Å². The Kier molecular flexibility index (Phi) is 18.4. The Balaban J connectivity index is 0.000000351. The zero-order chi connectivity index (χ0) is 25.6. The van der Waals surface area contributed by atoms with E-state index in [2.05, 4.69) is 0 Å². The number of benzene rings is 2. The third-order valence-corrected chi connectivity index (χ3v) is 4.64. The van der Waals surface area contributed by atoms with Gasteiger partial charge in [-0.25, -0.2) is 4.79 Å². The Morgan fingerprint density at radius 3 is 1.57 bits per heavy atom. The van der Waals surface area contributed by atoms with Crippen LogP contribution in [-0.4, -0.2) is 88.9 Å². The molecule has 35 heavy (non-hydrogen) atoms. The summed E-state index contributed by atoms with van der Waals surface area (Å²) in [4.78, 5) is 10.6. The highest BCUT2D eigenvalue weighted by Gasteiger charge is 2.15. The van der Waals surface area contributed by atoms with Crippen LogP contribution < -0.4 is 0 Å². The minimum Gasteiger partial charge on any atom is -0.479 e. The first-order chi connectivity index (χ1) is 17.1. The number of aliphatic carboxylic acids is 1. The predicted octanol–water partition coefficient (Wildman–Crippen LogP) is 2.55. The molecule has 2 aromatic carbocycles. The highest BCUT2D eigenvalue weighted by molar-refractivity contribution is 5.72. The maximum atomic E-state index is 10.6. The van der Waals surface area contributed by atoms with E-state index in [4.69, 9.17) is 38.6 Å². The standard InChI is InChI=1S/C13H18O5.C13H20O4/c1-16-12(13(14)15)10-18-8-7-17-9-11-5-3-2-4-6-11;1-15-13(9-14)11-17-8-7-16-10-12-5-3-2-4-6-12/h2-6,12H,7-10H2,1H3,(H,14,15);2-6,13-14H,7-11H2,1H3. The molecule has 0 saturated carbocycles. The van der Waals surface area contributed by atoms with Crippen molar-refractivity contribution < 1.29 is 43.4 Å². The van der Waals surface area contributed by atoms with Crippen LogP contribution in [0.15, 0.2) is 60.7 Å². The number of carboxylic acid groups (broad SMARTS) is 1. The van der Waals surface area contributed by atoms with Crippen molar-refractivity contribution in [1.29, 1.82) is 0 Å². The highest BCUT2D eigenvalue weighted by atomic mass is 16.6. The van der Waals surface area contributed by atoms with E-state index in [0.29, 0.717) is 46.2 Å². The van der Waals surface area contributed by atoms with Crippen LogP contribution in [0.2, 0.25) is 0 Å². The van der Waals surface area contributed by atoms with Crippen molar-refractivity contribution in [3.8, 4) is 0 Å². The van der Waals surface area contributed by atoms with Crippen molar-refractivity contribution in [2.45, 2.75) is 25.4 Å². The second kappa shape index (κ2) is 21.0. The van der Waals surface area contributed by atoms with Gasteiger partial charge in [-0.1, -0.05) is 60.7 Å². The molecule has 0 heterocycles. The van der Waals surface area contributed by atoms with Crippen LogP contribution in [0, 0.1) is 0 Å². The molecule has 0 aliphatic heterocycles. The van der Waals surface area contributed by atoms with Gasteiger partial charge in [0.2, 0.25) is 0 Å². The molecule has 0 spiro atoms. The van der Waals surface area contributed by atoms with Gasteiger partial charge in [0.05, 0.1) is 59.5 Å². The van der Waals surface area contributed by atoms with Gasteiger partial charge in [-0.15, -0.1) is 0 Å². The lowest BCUT2D eigenvalue weighted by Crippen LogP contribution is -2.28. The second-order valence-electron chi connectivity index (χ2n) is 7.33. The van der Waals surface area contributed by atoms with E-state index < -0.39 is 12.1 Å². The molecule has 0 aromatic heterocycles. The van der Waals surface area contributed by atoms with E-state index in [-0.39, 0.29) is 19.3 Å². The number of ether oxygens (including phenoxy) is 6. The second-order valence-corrected chi connectivity index (χ2v) is 7.33. The first kappa shape index (κ1) is 30.7. The number of rotatable bonds is 18. The predicted molar refractivity (Wildman–Crippen MR) is 130 cm³/mol. The summed E-state index contributed by atoms with van der Waals surface area (Å²) in [6.45, 7) is 3.33. The summed E-state index contributed by atoms with van der Waals surface area (Å²) in [7, 11) is 2.89. The van der Waals surface area contributed by atoms with Gasteiger partial charge in [0.15, 0.2) is 6.10 Å². The van der Waals surface area contributed by atoms with Crippen LogP contribution in [0.4, 0.5) is 0 Å². The molecule has 0 fully saturated rings. The maximum Gasteiger partial charge on any atom is 0.335 e. The summed E-state index contributed by atoms with van der Waals surface area (Å²) in [5, 5.41) is 17.5. The fourth-order valence-corrected chi connectivity index (χ4v) is 2.60. The van der Waals surface area contributed by atoms with Gasteiger partial charge in [-0.3, -0.25) is 0 Å². The summed E-state index contributed by atoms with van der Waals surface area (Å²) in [6.07, 6.45) is -1.16. The van der Waals surface area contributed by atoms with Gasteiger partial charge in [-0.05, 0) is 11.1 Å². The normalized spacial score (nSPS) is 12.4. The molecule has 0 aliphatic rings. The van der Waals surface area contributed by atoms with Gasteiger partial charge >= 0.3 is 5.97 Å². The summed E-state index contributed by atoms with van der Waals surface area (Å²) < 4.78 is 31.0. The van der Waals surface area contributed by atoms with E-state index in [9.17, 15) is 4.79 Å². The SMILES string of the molecule is COC(CO)COCCOCc1ccccc1.COC(COCCOCc1ccccc1)C(=O)O. The quantitative estimate of drug-likeness (QED) is 0.302. The van der Waals surface area contributed by atoms with Gasteiger partial charge in [0.1, 0.15) is 6.10 Å². The van der Waals surface area contributed by atoms with E-state index in [1.165, 1.54) is 7.11 Å². The zero-order valence-electron chi connectivity index (χ0n) is 20.5. The number of hydrogen-bond donors (Lipinski definition) is 2. The van der Waals surface area contributed by atoms with Crippen molar-refractivity contribution in [1.82, 2.24) is 0 Å². The molecule has 2 aromatic rings. The van der Waals surface area contributed by atoms with Gasteiger partial charge in [0.25, 0.3) is 0 Å². The number of carbonyl (C=O) groups is 1. The topological polar surface area (TPSA) is 113 Å². The van der Waals surface area contributed by atoms with Crippen molar-refractivity contribution in [2.24, 2.45) is 0 Å². The van der Waals surface area contributed by atoms with Crippen LogP contribution >= 0.6 is 0 Å². The van der Waals surface area contributed by atoms with Gasteiger partial charge in [-0.2, -0.15) is 0 Å². The Hall–Kier alpha value is -2.37. The third-order valence-electron chi connectivity index (χ3n) is 4.64. The molecule has 9 heteroatoms. The van der Waals surface area contributed by atoms with Crippen LogP contribution in [0.5, 0.6) is 0 Å². The van der Waals surface area contributed by atoms with Crippen LogP contribution in [0.1, 0.15) is 11.1 Å². The molecule has 2 unspecified atom stereocenters. The Labute approximate surface area is 207 Å². The number of carboxylic acids is 1. The molecule has 0 amide bonds. The summed E-state index contributed by atoms with van der Waals surface area (Å²) in [5.74, 6) is -1.03. The van der Waals surface area contributed by atoms with E-state index in [1.54, 1.807) is 7.11 Å². The first-order valence-corrected chi connectivity index (χ1v) is 11.4. The number of aliphatic hydroxyl groups is 1. The van der Waals surface area contributed by atoms with E-state index in [1.807, 2.05) is 60.7 Å². The van der Waals surface area contributed by atoms with Crippen LogP contribution in [-0.2, 0) is 46.4 Å². The van der Waals surface area contributed by atoms with Crippen molar-refractivity contribution in [3.05, 3.63) is 71.8 Å². The lowest BCUT2D eigenvalue weighted by molar-refractivity contribution is -0.152. The zero-order valence-corrected chi connectivity index (χ0v) is 20.5. The van der Waals surface area contributed by atoms with Crippen LogP contribution in [0.3, 0.4) is 0 Å². The highest BCUT2D eigenvalue weighted by Crippen LogP contribution is 2.01. The lowest BCUT2D eigenvalue weighted by atomic mass is 10.2.